The van der Waals surface area contributed by atoms with E-state index in [0.29, 0.717) is 31.4 Å². The molecule has 2 aliphatic carbocycles. The largest absolute Gasteiger partial charge is 0.291 e. The summed E-state index contributed by atoms with van der Waals surface area (Å²) in [5.41, 5.74) is 3.66. The molecule has 1 aromatic carbocycles. The second kappa shape index (κ2) is 9.60. The molecule has 3 heterocycles. The molecule has 0 N–H and O–H groups in total. The van der Waals surface area contributed by atoms with Crippen molar-refractivity contribution in [2.24, 2.45) is 12.5 Å². The lowest BCUT2D eigenvalue weighted by Crippen LogP contribution is -2.49. The molecule has 0 saturated heterocycles. The van der Waals surface area contributed by atoms with Crippen molar-refractivity contribution in [3.63, 3.8) is 0 Å². The first kappa shape index (κ1) is 26.3. The summed E-state index contributed by atoms with van der Waals surface area (Å²) < 4.78 is 45.2. The quantitative estimate of drug-likeness (QED) is 0.329. The lowest BCUT2D eigenvalue weighted by atomic mass is 9.60. The predicted molar refractivity (Wildman–Crippen MR) is 147 cm³/mol. The smallest absolute Gasteiger partial charge is 0.246 e. The van der Waals surface area contributed by atoms with Gasteiger partial charge in [0.2, 0.25) is 10.0 Å². The fourth-order valence-electron chi connectivity index (χ4n) is 5.98. The maximum atomic E-state index is 14.4. The van der Waals surface area contributed by atoms with E-state index in [9.17, 15) is 17.6 Å². The molecule has 0 spiro atoms. The number of benzene rings is 1. The molecule has 40 heavy (non-hydrogen) atoms. The number of nitrogens with zero attached hydrogens (tertiary/aromatic N) is 6. The molecule has 0 aliphatic heterocycles. The molecule has 4 aromatic rings. The van der Waals surface area contributed by atoms with Crippen LogP contribution in [0.25, 0.3) is 11.8 Å². The molecule has 2 aliphatic rings. The van der Waals surface area contributed by atoms with Crippen LogP contribution in [0.4, 0.5) is 4.39 Å². The van der Waals surface area contributed by atoms with Gasteiger partial charge in [0.15, 0.2) is 5.78 Å². The van der Waals surface area contributed by atoms with E-state index in [1.54, 1.807) is 49.4 Å². The van der Waals surface area contributed by atoms with E-state index in [1.807, 2.05) is 19.1 Å². The van der Waals surface area contributed by atoms with Crippen molar-refractivity contribution >= 4 is 21.9 Å². The first-order chi connectivity index (χ1) is 19.1. The molecular formula is C29H29FN6O3S. The molecule has 0 amide bonds. The van der Waals surface area contributed by atoms with Crippen LogP contribution in [0.1, 0.15) is 46.6 Å². The Hall–Kier alpha value is -3.96. The van der Waals surface area contributed by atoms with E-state index in [2.05, 4.69) is 15.2 Å². The number of rotatable bonds is 6. The van der Waals surface area contributed by atoms with Gasteiger partial charge in [-0.3, -0.25) is 14.5 Å². The van der Waals surface area contributed by atoms with Crippen LogP contribution in [0.3, 0.4) is 0 Å². The Morgan fingerprint density at radius 2 is 1.93 bits per heavy atom. The minimum atomic E-state index is -3.82. The number of Topliss-reactive ketones (excluding diaryl/α,β-unsaturated/α-hetero) is 1. The predicted octanol–water partition coefficient (Wildman–Crippen LogP) is 4.13. The Morgan fingerprint density at radius 3 is 2.62 bits per heavy atom. The Kier molecular flexibility index (Phi) is 6.30. The highest BCUT2D eigenvalue weighted by atomic mass is 32.2. The van der Waals surface area contributed by atoms with E-state index < -0.39 is 21.5 Å². The maximum Gasteiger partial charge on any atom is 0.246 e. The number of sulfonamides is 1. The fourth-order valence-corrected chi connectivity index (χ4v) is 7.35. The second-order valence-corrected chi connectivity index (χ2v) is 12.7. The number of hydrogen-bond acceptors (Lipinski definition) is 6. The molecule has 11 heteroatoms. The zero-order chi connectivity index (χ0) is 28.2. The molecule has 9 nitrogen and oxygen atoms in total. The van der Waals surface area contributed by atoms with Gasteiger partial charge in [-0.25, -0.2) is 17.5 Å². The highest BCUT2D eigenvalue weighted by molar-refractivity contribution is 7.89. The number of ketones is 1. The molecule has 3 aromatic heterocycles. The Balaban J connectivity index is 1.43. The number of fused-ring (bicyclic) bond motifs is 2. The average Bonchev–Trinajstić information content (AvgIpc) is 3.57. The summed E-state index contributed by atoms with van der Waals surface area (Å²) in [5, 5.41) is 8.61. The first-order valence-electron chi connectivity index (χ1n) is 13.1. The molecule has 0 radical (unpaired) electrons. The first-order valence-corrected chi connectivity index (χ1v) is 14.5. The molecule has 0 unspecified atom stereocenters. The number of aromatic nitrogens is 5. The third-order valence-corrected chi connectivity index (χ3v) is 10.0. The number of pyridine rings is 1. The van der Waals surface area contributed by atoms with Crippen molar-refractivity contribution in [2.75, 3.05) is 7.05 Å². The van der Waals surface area contributed by atoms with E-state index in [4.69, 9.17) is 0 Å². The fraction of sp³-hybridized carbons (Fsp3) is 0.310. The van der Waals surface area contributed by atoms with Gasteiger partial charge in [0.1, 0.15) is 16.4 Å². The van der Waals surface area contributed by atoms with Crippen molar-refractivity contribution in [3.8, 4) is 5.69 Å². The zero-order valence-electron chi connectivity index (χ0n) is 22.5. The highest BCUT2D eigenvalue weighted by Crippen LogP contribution is 2.51. The maximum absolute atomic E-state index is 14.4. The molecule has 1 fully saturated rings. The number of carbonyl (C=O) groups excluding carboxylic acids is 1. The van der Waals surface area contributed by atoms with Gasteiger partial charge in [0.05, 0.1) is 29.2 Å². The highest BCUT2D eigenvalue weighted by Gasteiger charge is 2.51. The van der Waals surface area contributed by atoms with Crippen LogP contribution in [0.2, 0.25) is 0 Å². The van der Waals surface area contributed by atoms with Crippen LogP contribution in [0.5, 0.6) is 0 Å². The monoisotopic (exact) mass is 560 g/mol. The van der Waals surface area contributed by atoms with Crippen LogP contribution >= 0.6 is 0 Å². The second-order valence-electron chi connectivity index (χ2n) is 10.7. The number of allylic oxidation sites excluding steroid dienone is 1. The molecule has 206 valence electrons. The van der Waals surface area contributed by atoms with Crippen LogP contribution in [-0.4, -0.2) is 56.1 Å². The molecule has 1 saturated carbocycles. The summed E-state index contributed by atoms with van der Waals surface area (Å²) in [7, 11) is -0.572. The van der Waals surface area contributed by atoms with E-state index in [1.165, 1.54) is 33.5 Å². The normalized spacial score (nSPS) is 20.6. The average molecular weight is 561 g/mol. The van der Waals surface area contributed by atoms with E-state index in [-0.39, 0.29) is 16.5 Å². The molecule has 2 atom stereocenters. The Morgan fingerprint density at radius 1 is 1.15 bits per heavy atom. The Labute approximate surface area is 232 Å². The zero-order valence-corrected chi connectivity index (χ0v) is 23.3. The number of hydrogen-bond donors (Lipinski definition) is 0. The lowest BCUT2D eigenvalue weighted by Gasteiger charge is -2.45. The van der Waals surface area contributed by atoms with Crippen molar-refractivity contribution in [2.45, 2.75) is 43.5 Å². The lowest BCUT2D eigenvalue weighted by molar-refractivity contribution is 0.0747. The van der Waals surface area contributed by atoms with Gasteiger partial charge >= 0.3 is 0 Å². The van der Waals surface area contributed by atoms with Gasteiger partial charge in [-0.1, -0.05) is 5.57 Å². The molecule has 6 rings (SSSR count). The van der Waals surface area contributed by atoms with Gasteiger partial charge in [-0.15, -0.1) is 0 Å². The third-order valence-electron chi connectivity index (χ3n) is 8.16. The number of carbonyl (C=O) groups is 1. The van der Waals surface area contributed by atoms with Crippen LogP contribution in [-0.2, 0) is 23.5 Å². The van der Waals surface area contributed by atoms with Gasteiger partial charge in [-0.05, 0) is 86.2 Å². The standard InChI is InChI=1S/C29H29FN6O3S/c1-19-10-11-31-26(12-19)28(37)29-14-20-16-33-36(23-8-5-22(30)6-9-23)27(20)13-21(29)4-7-24(15-29)35(3)40(38,39)25-17-32-34(2)18-25/h5-6,8-13,16-18,24H,4,7,14-15H2,1-3H3/t24-,29-/m0/s1. The number of halogens is 1. The summed E-state index contributed by atoms with van der Waals surface area (Å²) in [4.78, 5) is 18.9. The number of aryl methyl sites for hydroxylation is 2. The topological polar surface area (TPSA) is 103 Å². The van der Waals surface area contributed by atoms with Gasteiger partial charge in [0.25, 0.3) is 0 Å². The summed E-state index contributed by atoms with van der Waals surface area (Å²) in [6.07, 6.45) is 9.96. The van der Waals surface area contributed by atoms with Crippen LogP contribution in [0.15, 0.2) is 71.7 Å². The Bertz CT molecular complexity index is 1760. The van der Waals surface area contributed by atoms with Crippen molar-refractivity contribution < 1.29 is 17.6 Å². The van der Waals surface area contributed by atoms with Gasteiger partial charge in [0, 0.05) is 32.5 Å². The van der Waals surface area contributed by atoms with Crippen LogP contribution < -0.4 is 0 Å². The summed E-state index contributed by atoms with van der Waals surface area (Å²) in [6.45, 7) is 1.91. The van der Waals surface area contributed by atoms with Crippen molar-refractivity contribution in [1.82, 2.24) is 28.9 Å². The van der Waals surface area contributed by atoms with Crippen LogP contribution in [0, 0.1) is 18.2 Å². The minimum Gasteiger partial charge on any atom is -0.291 e. The minimum absolute atomic E-state index is 0.117. The van der Waals surface area contributed by atoms with E-state index in [0.717, 1.165) is 28.1 Å². The van der Waals surface area contributed by atoms with Gasteiger partial charge < -0.3 is 0 Å². The van der Waals surface area contributed by atoms with E-state index >= 15 is 0 Å². The molecular weight excluding hydrogens is 531 g/mol. The van der Waals surface area contributed by atoms with Crippen molar-refractivity contribution in [1.29, 1.82) is 0 Å². The molecule has 0 bridgehead atoms. The summed E-state index contributed by atoms with van der Waals surface area (Å²) >= 11 is 0. The SMILES string of the molecule is Cc1ccnc(C(=O)[C@]23Cc4cnn(-c5ccc(F)cc5)c4C=C2CC[C@H](N(C)S(=O)(=O)c2cnn(C)c2)C3)c1. The summed E-state index contributed by atoms with van der Waals surface area (Å²) in [6, 6.07) is 9.33. The van der Waals surface area contributed by atoms with Gasteiger partial charge in [-0.2, -0.15) is 14.5 Å². The van der Waals surface area contributed by atoms with Crippen molar-refractivity contribution in [3.05, 3.63) is 95.1 Å². The third kappa shape index (κ3) is 4.29. The summed E-state index contributed by atoms with van der Waals surface area (Å²) in [5.74, 6) is -0.457.